The average molecular weight is 461 g/mol. The van der Waals surface area contributed by atoms with Gasteiger partial charge in [0.2, 0.25) is 5.91 Å². The first-order valence-corrected chi connectivity index (χ1v) is 11.6. The fraction of sp³-hybridized carbons (Fsp3) is 0.375. The molecule has 0 spiro atoms. The van der Waals surface area contributed by atoms with Gasteiger partial charge in [-0.25, -0.2) is 9.97 Å². The van der Waals surface area contributed by atoms with Crippen LogP contribution in [0.5, 0.6) is 0 Å². The number of anilines is 4. The summed E-state index contributed by atoms with van der Waals surface area (Å²) in [7, 11) is 0. The summed E-state index contributed by atoms with van der Waals surface area (Å²) in [5, 5.41) is 18.3. The summed E-state index contributed by atoms with van der Waals surface area (Å²) < 4.78 is 5.61. The van der Waals surface area contributed by atoms with Gasteiger partial charge in [0.15, 0.2) is 0 Å². The maximum Gasteiger partial charge on any atom is 0.228 e. The topological polar surface area (TPSA) is 123 Å². The van der Waals surface area contributed by atoms with Crippen molar-refractivity contribution >= 4 is 35.4 Å². The molecule has 5 rings (SSSR count). The lowest BCUT2D eigenvalue weighted by atomic mass is 10.0. The van der Waals surface area contributed by atoms with Gasteiger partial charge in [0, 0.05) is 49.1 Å². The number of ether oxygens (including phenoxy) is 1. The van der Waals surface area contributed by atoms with Crippen LogP contribution in [0.15, 0.2) is 36.7 Å². The number of carbonyl (C=O) groups is 1. The number of aromatic amines is 1. The van der Waals surface area contributed by atoms with Crippen molar-refractivity contribution in [3.8, 4) is 11.1 Å². The number of aromatic nitrogens is 4. The van der Waals surface area contributed by atoms with Crippen LogP contribution in [0.4, 0.5) is 23.3 Å². The van der Waals surface area contributed by atoms with Crippen LogP contribution in [0, 0.1) is 5.41 Å². The highest BCUT2D eigenvalue weighted by Gasteiger charge is 2.24. The maximum atomic E-state index is 12.3. The predicted octanol–water partition coefficient (Wildman–Crippen LogP) is 3.35. The van der Waals surface area contributed by atoms with Crippen molar-refractivity contribution in [3.05, 3.63) is 42.2 Å². The Bertz CT molecular complexity index is 1160. The van der Waals surface area contributed by atoms with Crippen LogP contribution in [0.2, 0.25) is 0 Å². The number of nitrogens with one attached hydrogen (secondary N) is 3. The highest BCUT2D eigenvalue weighted by atomic mass is 16.5. The summed E-state index contributed by atoms with van der Waals surface area (Å²) >= 11 is 0. The third-order valence-corrected chi connectivity index (χ3v) is 6.26. The van der Waals surface area contributed by atoms with E-state index in [2.05, 4.69) is 32.3 Å². The Morgan fingerprint density at radius 3 is 2.85 bits per heavy atom. The zero-order valence-electron chi connectivity index (χ0n) is 19.1. The number of hydrogen-bond donors (Lipinski definition) is 3. The first-order valence-electron chi connectivity index (χ1n) is 11.6. The Balaban J connectivity index is 1.56. The van der Waals surface area contributed by atoms with Gasteiger partial charge in [0.05, 0.1) is 25.5 Å². The van der Waals surface area contributed by atoms with E-state index in [1.54, 1.807) is 17.3 Å². The van der Waals surface area contributed by atoms with Gasteiger partial charge < -0.3 is 20.4 Å². The zero-order chi connectivity index (χ0) is 23.5. The van der Waals surface area contributed by atoms with Gasteiger partial charge in [-0.1, -0.05) is 0 Å². The summed E-state index contributed by atoms with van der Waals surface area (Å²) in [6, 6.07) is 7.82. The molecule has 176 valence electrons. The second-order valence-corrected chi connectivity index (χ2v) is 8.55. The molecule has 0 saturated carbocycles. The van der Waals surface area contributed by atoms with Gasteiger partial charge in [-0.2, -0.15) is 5.10 Å². The number of pyridine rings is 2. The summed E-state index contributed by atoms with van der Waals surface area (Å²) in [5.74, 6) is 2.82. The zero-order valence-corrected chi connectivity index (χ0v) is 19.1. The third kappa shape index (κ3) is 4.36. The first-order chi connectivity index (χ1) is 16.6. The van der Waals surface area contributed by atoms with Gasteiger partial charge in [-0.15, -0.1) is 0 Å². The minimum Gasteiger partial charge on any atom is -0.377 e. The molecule has 10 heteroatoms. The Labute approximate surface area is 197 Å². The summed E-state index contributed by atoms with van der Waals surface area (Å²) in [6.45, 7) is 4.81. The fourth-order valence-electron chi connectivity index (χ4n) is 4.44. The number of nitrogens with zero attached hydrogens (tertiary/aromatic N) is 5. The van der Waals surface area contributed by atoms with E-state index >= 15 is 0 Å². The fourth-order valence-corrected chi connectivity index (χ4v) is 4.44. The number of carbonyl (C=O) groups excluding carboxylic acids is 1. The molecule has 3 N–H and O–H groups in total. The minimum absolute atomic E-state index is 0.116. The van der Waals surface area contributed by atoms with E-state index in [0.717, 1.165) is 36.3 Å². The lowest BCUT2D eigenvalue weighted by Gasteiger charge is -2.35. The smallest absolute Gasteiger partial charge is 0.228 e. The Kier molecular flexibility index (Phi) is 6.22. The number of hydrogen-bond acceptors (Lipinski definition) is 8. The minimum atomic E-state index is 0.116. The van der Waals surface area contributed by atoms with Crippen molar-refractivity contribution in [2.24, 2.45) is 0 Å². The monoisotopic (exact) mass is 460 g/mol. The molecule has 1 amide bonds. The molecule has 34 heavy (non-hydrogen) atoms. The molecule has 0 unspecified atom stereocenters. The second-order valence-electron chi connectivity index (χ2n) is 8.55. The highest BCUT2D eigenvalue weighted by molar-refractivity contribution is 5.97. The van der Waals surface area contributed by atoms with E-state index in [9.17, 15) is 4.79 Å². The Morgan fingerprint density at radius 1 is 1.24 bits per heavy atom. The van der Waals surface area contributed by atoms with Crippen molar-refractivity contribution in [1.82, 2.24) is 20.2 Å². The molecule has 3 aromatic rings. The Morgan fingerprint density at radius 2 is 2.15 bits per heavy atom. The van der Waals surface area contributed by atoms with Crippen molar-refractivity contribution in [3.63, 3.8) is 0 Å². The van der Waals surface area contributed by atoms with E-state index in [0.29, 0.717) is 49.2 Å². The number of morpholine rings is 1. The second kappa shape index (κ2) is 9.60. The van der Waals surface area contributed by atoms with Crippen LogP contribution >= 0.6 is 0 Å². The molecule has 5 heterocycles. The summed E-state index contributed by atoms with van der Waals surface area (Å²) in [4.78, 5) is 25.8. The standard InChI is InChI=1S/C24H28N8O2/c1-16-15-34-11-10-31(16)22-12-18(19(13-25)24(29-22)28-20-7-8-27-30-20)17-5-6-21(26-14-17)32-9-3-2-4-23(32)33/h5-8,12-14,16,25H,2-4,9-11,15H2,1H3,(H2,27,28,29,30)/t16-/m1/s1. The quantitative estimate of drug-likeness (QED) is 0.482. The molecular formula is C24H28N8O2. The van der Waals surface area contributed by atoms with Crippen molar-refractivity contribution in [1.29, 1.82) is 5.41 Å². The van der Waals surface area contributed by atoms with Gasteiger partial charge in [0.25, 0.3) is 0 Å². The van der Waals surface area contributed by atoms with E-state index in [-0.39, 0.29) is 11.9 Å². The van der Waals surface area contributed by atoms with Crippen molar-refractivity contribution < 1.29 is 9.53 Å². The van der Waals surface area contributed by atoms with E-state index in [1.165, 1.54) is 6.21 Å². The average Bonchev–Trinajstić information content (AvgIpc) is 3.37. The number of rotatable bonds is 6. The molecule has 10 nitrogen and oxygen atoms in total. The molecule has 0 bridgehead atoms. The SMILES string of the molecule is C[C@@H]1COCCN1c1cc(-c2ccc(N3CCCCC3=O)nc2)c(C=N)c(Nc2ccn[nH]2)n1. The van der Waals surface area contributed by atoms with Crippen LogP contribution in [0.3, 0.4) is 0 Å². The molecule has 0 aliphatic carbocycles. The van der Waals surface area contributed by atoms with Crippen LogP contribution < -0.4 is 15.1 Å². The first kappa shape index (κ1) is 22.0. The van der Waals surface area contributed by atoms with Gasteiger partial charge in [0.1, 0.15) is 23.3 Å². The molecule has 2 aliphatic rings. The molecule has 2 fully saturated rings. The van der Waals surface area contributed by atoms with Crippen LogP contribution in [0.1, 0.15) is 31.7 Å². The number of H-pyrrole nitrogens is 1. The number of amides is 1. The van der Waals surface area contributed by atoms with Gasteiger partial charge in [-0.05, 0) is 43.5 Å². The van der Waals surface area contributed by atoms with Crippen molar-refractivity contribution in [2.75, 3.05) is 41.4 Å². The molecule has 0 aromatic carbocycles. The molecule has 2 aliphatic heterocycles. The molecule has 2 saturated heterocycles. The van der Waals surface area contributed by atoms with Crippen LogP contribution in [-0.4, -0.2) is 64.6 Å². The van der Waals surface area contributed by atoms with Crippen LogP contribution in [-0.2, 0) is 9.53 Å². The largest absolute Gasteiger partial charge is 0.377 e. The molecule has 0 radical (unpaired) electrons. The Hall–Kier alpha value is -3.79. The summed E-state index contributed by atoms with van der Waals surface area (Å²) in [6.07, 6.45) is 7.21. The van der Waals surface area contributed by atoms with E-state index in [4.69, 9.17) is 15.1 Å². The molecule has 1 atom stereocenters. The lowest BCUT2D eigenvalue weighted by Crippen LogP contribution is -2.44. The normalized spacial score (nSPS) is 18.7. The number of piperidine rings is 1. The van der Waals surface area contributed by atoms with Crippen molar-refractivity contribution in [2.45, 2.75) is 32.2 Å². The maximum absolute atomic E-state index is 12.3. The lowest BCUT2D eigenvalue weighted by molar-refractivity contribution is -0.119. The van der Waals surface area contributed by atoms with E-state index in [1.807, 2.05) is 24.3 Å². The van der Waals surface area contributed by atoms with Gasteiger partial charge in [-0.3, -0.25) is 14.8 Å². The molecule has 3 aromatic heterocycles. The highest BCUT2D eigenvalue weighted by Crippen LogP contribution is 2.34. The third-order valence-electron chi connectivity index (χ3n) is 6.26. The molecular weight excluding hydrogens is 432 g/mol. The van der Waals surface area contributed by atoms with Crippen LogP contribution in [0.25, 0.3) is 11.1 Å². The van der Waals surface area contributed by atoms with Gasteiger partial charge >= 0.3 is 0 Å². The predicted molar refractivity (Wildman–Crippen MR) is 131 cm³/mol. The van der Waals surface area contributed by atoms with E-state index < -0.39 is 0 Å². The summed E-state index contributed by atoms with van der Waals surface area (Å²) in [5.41, 5.74) is 2.33.